The number of rotatable bonds is 5. The Morgan fingerprint density at radius 2 is 2.40 bits per heavy atom. The molecule has 1 atom stereocenters. The van der Waals surface area contributed by atoms with E-state index in [4.69, 9.17) is 4.74 Å². The van der Waals surface area contributed by atoms with E-state index in [9.17, 15) is 4.79 Å². The molecule has 1 saturated heterocycles. The average molecular weight is 279 g/mol. The Bertz CT molecular complexity index is 440. The van der Waals surface area contributed by atoms with E-state index in [1.807, 2.05) is 17.9 Å². The Morgan fingerprint density at radius 1 is 1.60 bits per heavy atom. The standard InChI is InChI=1S/C15H25N3O2/c1-4-20-13-6-5-7-18(10-13)15(19)14-9-12(16-17-14)8-11(2)3/h9,11,13H,4-8,10H2,1-3H3,(H,16,17). The van der Waals surface area contributed by atoms with E-state index in [0.717, 1.165) is 31.5 Å². The third-order valence-corrected chi connectivity index (χ3v) is 3.55. The molecule has 0 bridgehead atoms. The van der Waals surface area contributed by atoms with Crippen molar-refractivity contribution in [3.8, 4) is 0 Å². The molecule has 1 unspecified atom stereocenters. The molecule has 1 fully saturated rings. The van der Waals surface area contributed by atoms with Gasteiger partial charge >= 0.3 is 0 Å². The summed E-state index contributed by atoms with van der Waals surface area (Å²) in [6, 6.07) is 1.88. The van der Waals surface area contributed by atoms with Crippen LogP contribution in [0.1, 0.15) is 49.8 Å². The maximum absolute atomic E-state index is 12.4. The molecule has 1 aliphatic rings. The Morgan fingerprint density at radius 3 is 3.10 bits per heavy atom. The molecule has 0 spiro atoms. The van der Waals surface area contributed by atoms with E-state index < -0.39 is 0 Å². The first kappa shape index (κ1) is 15.0. The van der Waals surface area contributed by atoms with Crippen LogP contribution in [0, 0.1) is 5.92 Å². The summed E-state index contributed by atoms with van der Waals surface area (Å²) in [5, 5.41) is 7.12. The number of aromatic nitrogens is 2. The first-order chi connectivity index (χ1) is 9.60. The van der Waals surface area contributed by atoms with Crippen molar-refractivity contribution in [2.75, 3.05) is 19.7 Å². The molecule has 1 aromatic heterocycles. The first-order valence-electron chi connectivity index (χ1n) is 7.55. The number of aromatic amines is 1. The third-order valence-electron chi connectivity index (χ3n) is 3.55. The largest absolute Gasteiger partial charge is 0.377 e. The number of hydrogen-bond donors (Lipinski definition) is 1. The van der Waals surface area contributed by atoms with Crippen LogP contribution < -0.4 is 0 Å². The van der Waals surface area contributed by atoms with Crippen molar-refractivity contribution < 1.29 is 9.53 Å². The van der Waals surface area contributed by atoms with Gasteiger partial charge in [-0.05, 0) is 38.2 Å². The second-order valence-electron chi connectivity index (χ2n) is 5.85. The van der Waals surface area contributed by atoms with Gasteiger partial charge in [0.15, 0.2) is 0 Å². The van der Waals surface area contributed by atoms with Crippen LogP contribution in [-0.4, -0.2) is 46.8 Å². The Kier molecular flexibility index (Phi) is 5.17. The van der Waals surface area contributed by atoms with Gasteiger partial charge in [-0.25, -0.2) is 0 Å². The fraction of sp³-hybridized carbons (Fsp3) is 0.733. The highest BCUT2D eigenvalue weighted by Gasteiger charge is 2.26. The van der Waals surface area contributed by atoms with Gasteiger partial charge in [-0.1, -0.05) is 13.8 Å². The third kappa shape index (κ3) is 3.82. The zero-order valence-electron chi connectivity index (χ0n) is 12.7. The molecule has 0 aromatic carbocycles. The Balaban J connectivity index is 1.97. The molecule has 5 nitrogen and oxygen atoms in total. The van der Waals surface area contributed by atoms with Crippen LogP contribution >= 0.6 is 0 Å². The number of hydrogen-bond acceptors (Lipinski definition) is 3. The van der Waals surface area contributed by atoms with Crippen molar-refractivity contribution in [3.05, 3.63) is 17.5 Å². The van der Waals surface area contributed by atoms with Crippen molar-refractivity contribution in [2.24, 2.45) is 5.92 Å². The molecule has 5 heteroatoms. The summed E-state index contributed by atoms with van der Waals surface area (Å²) in [6.07, 6.45) is 3.13. The van der Waals surface area contributed by atoms with Crippen LogP contribution in [0.4, 0.5) is 0 Å². The van der Waals surface area contributed by atoms with Crippen molar-refractivity contribution in [1.82, 2.24) is 15.1 Å². The van der Waals surface area contributed by atoms with Crippen molar-refractivity contribution in [2.45, 2.75) is 46.1 Å². The number of nitrogens with one attached hydrogen (secondary N) is 1. The lowest BCUT2D eigenvalue weighted by Gasteiger charge is -2.32. The van der Waals surface area contributed by atoms with Crippen LogP contribution in [-0.2, 0) is 11.2 Å². The second-order valence-corrected chi connectivity index (χ2v) is 5.85. The van der Waals surface area contributed by atoms with Gasteiger partial charge in [0.25, 0.3) is 5.91 Å². The summed E-state index contributed by atoms with van der Waals surface area (Å²) in [5.74, 6) is 0.566. The number of piperidine rings is 1. The van der Waals surface area contributed by atoms with Crippen molar-refractivity contribution in [1.29, 1.82) is 0 Å². The van der Waals surface area contributed by atoms with Gasteiger partial charge in [0.05, 0.1) is 6.10 Å². The van der Waals surface area contributed by atoms with E-state index in [-0.39, 0.29) is 12.0 Å². The van der Waals surface area contributed by atoms with E-state index in [1.165, 1.54) is 0 Å². The van der Waals surface area contributed by atoms with Gasteiger partial charge in [0.1, 0.15) is 5.69 Å². The highest BCUT2D eigenvalue weighted by atomic mass is 16.5. The maximum atomic E-state index is 12.4. The number of amides is 1. The van der Waals surface area contributed by atoms with Gasteiger partial charge in [0, 0.05) is 25.4 Å². The average Bonchev–Trinajstić information content (AvgIpc) is 2.86. The predicted octanol–water partition coefficient (Wildman–Crippen LogP) is 2.25. The lowest BCUT2D eigenvalue weighted by Crippen LogP contribution is -2.43. The van der Waals surface area contributed by atoms with Crippen LogP contribution in [0.2, 0.25) is 0 Å². The number of nitrogens with zero attached hydrogens (tertiary/aromatic N) is 2. The van der Waals surface area contributed by atoms with Crippen molar-refractivity contribution in [3.63, 3.8) is 0 Å². The van der Waals surface area contributed by atoms with Gasteiger partial charge in [-0.2, -0.15) is 5.10 Å². The first-order valence-corrected chi connectivity index (χ1v) is 7.55. The van der Waals surface area contributed by atoms with Crippen LogP contribution in [0.3, 0.4) is 0 Å². The molecular weight excluding hydrogens is 254 g/mol. The Labute approximate surface area is 120 Å². The molecule has 1 N–H and O–H groups in total. The molecule has 0 aliphatic carbocycles. The second kappa shape index (κ2) is 6.88. The minimum atomic E-state index is 0.0145. The smallest absolute Gasteiger partial charge is 0.274 e. The normalized spacial score (nSPS) is 19.6. The highest BCUT2D eigenvalue weighted by molar-refractivity contribution is 5.92. The fourth-order valence-electron chi connectivity index (χ4n) is 2.67. The summed E-state index contributed by atoms with van der Waals surface area (Å²) >= 11 is 0. The molecule has 0 saturated carbocycles. The zero-order valence-corrected chi connectivity index (χ0v) is 12.7. The van der Waals surface area contributed by atoms with Gasteiger partial charge < -0.3 is 9.64 Å². The molecule has 2 heterocycles. The van der Waals surface area contributed by atoms with E-state index in [2.05, 4.69) is 24.0 Å². The highest BCUT2D eigenvalue weighted by Crippen LogP contribution is 2.16. The topological polar surface area (TPSA) is 58.2 Å². The summed E-state index contributed by atoms with van der Waals surface area (Å²) in [4.78, 5) is 14.3. The number of H-pyrrole nitrogens is 1. The molecule has 1 aliphatic heterocycles. The zero-order chi connectivity index (χ0) is 14.5. The summed E-state index contributed by atoms with van der Waals surface area (Å²) < 4.78 is 5.63. The summed E-state index contributed by atoms with van der Waals surface area (Å²) in [7, 11) is 0. The fourth-order valence-corrected chi connectivity index (χ4v) is 2.67. The number of likely N-dealkylation sites (tertiary alicyclic amines) is 1. The quantitative estimate of drug-likeness (QED) is 0.899. The van der Waals surface area contributed by atoms with Gasteiger partial charge in [0.2, 0.25) is 0 Å². The van der Waals surface area contributed by atoms with Gasteiger partial charge in [-0.15, -0.1) is 0 Å². The van der Waals surface area contributed by atoms with E-state index >= 15 is 0 Å². The van der Waals surface area contributed by atoms with Crippen LogP contribution in [0.25, 0.3) is 0 Å². The van der Waals surface area contributed by atoms with E-state index in [0.29, 0.717) is 24.8 Å². The SMILES string of the molecule is CCOC1CCCN(C(=O)c2cc(CC(C)C)[nH]n2)C1. The van der Waals surface area contributed by atoms with Crippen molar-refractivity contribution >= 4 is 5.91 Å². The van der Waals surface area contributed by atoms with Crippen LogP contribution in [0.5, 0.6) is 0 Å². The molecule has 112 valence electrons. The van der Waals surface area contributed by atoms with Gasteiger partial charge in [-0.3, -0.25) is 9.89 Å². The lowest BCUT2D eigenvalue weighted by molar-refractivity contribution is 0.00703. The molecular formula is C15H25N3O2. The lowest BCUT2D eigenvalue weighted by atomic mass is 10.1. The maximum Gasteiger partial charge on any atom is 0.274 e. The molecule has 20 heavy (non-hydrogen) atoms. The van der Waals surface area contributed by atoms with E-state index in [1.54, 1.807) is 0 Å². The Hall–Kier alpha value is -1.36. The molecule has 1 aromatic rings. The number of ether oxygens (including phenoxy) is 1. The summed E-state index contributed by atoms with van der Waals surface area (Å²) in [6.45, 7) is 8.48. The molecule has 2 rings (SSSR count). The molecule has 1 amide bonds. The number of carbonyl (C=O) groups excluding carboxylic acids is 1. The number of carbonyl (C=O) groups is 1. The molecule has 0 radical (unpaired) electrons. The predicted molar refractivity (Wildman–Crippen MR) is 77.7 cm³/mol. The van der Waals surface area contributed by atoms with Crippen LogP contribution in [0.15, 0.2) is 6.07 Å². The minimum absolute atomic E-state index is 0.0145. The minimum Gasteiger partial charge on any atom is -0.377 e. The summed E-state index contributed by atoms with van der Waals surface area (Å²) in [5.41, 5.74) is 1.56. The monoisotopic (exact) mass is 279 g/mol.